The molecule has 7 nitrogen and oxygen atoms in total. The number of piperidine rings is 2. The van der Waals surface area contributed by atoms with E-state index >= 15 is 0 Å². The molecule has 0 bridgehead atoms. The van der Waals surface area contributed by atoms with Crippen LogP contribution in [0.5, 0.6) is 0 Å². The summed E-state index contributed by atoms with van der Waals surface area (Å²) in [5, 5.41) is 3.17. The van der Waals surface area contributed by atoms with Crippen molar-refractivity contribution in [2.75, 3.05) is 26.2 Å². The van der Waals surface area contributed by atoms with Crippen LogP contribution in [0.3, 0.4) is 0 Å². The maximum atomic E-state index is 12.9. The maximum absolute atomic E-state index is 12.9. The van der Waals surface area contributed by atoms with Gasteiger partial charge in [0.15, 0.2) is 12.1 Å². The van der Waals surface area contributed by atoms with Crippen LogP contribution in [0.4, 0.5) is 0 Å². The standard InChI is InChI=1S/C21H30N4O3/c26-20(23-16-5-6-16)15-2-1-9-25(12-15)17-7-10-24(11-8-17)21(27)18-19(14-3-4-14)28-13-22-18/h13-17H,1-12H2,(H,23,26). The predicted octanol–water partition coefficient (Wildman–Crippen LogP) is 2.15. The highest BCUT2D eigenvalue weighted by Crippen LogP contribution is 2.41. The lowest BCUT2D eigenvalue weighted by Crippen LogP contribution is -2.51. The van der Waals surface area contributed by atoms with Crippen LogP contribution in [0, 0.1) is 5.92 Å². The molecule has 4 aliphatic rings. The average molecular weight is 386 g/mol. The molecule has 2 saturated heterocycles. The highest BCUT2D eigenvalue weighted by Gasteiger charge is 2.37. The summed E-state index contributed by atoms with van der Waals surface area (Å²) in [5.74, 6) is 1.58. The molecular weight excluding hydrogens is 356 g/mol. The Balaban J connectivity index is 1.15. The number of nitrogens with one attached hydrogen (secondary N) is 1. The number of aromatic nitrogens is 1. The number of rotatable bonds is 5. The van der Waals surface area contributed by atoms with Crippen LogP contribution >= 0.6 is 0 Å². The van der Waals surface area contributed by atoms with Gasteiger partial charge in [0.1, 0.15) is 5.76 Å². The second-order valence-corrected chi connectivity index (χ2v) is 8.98. The molecule has 1 unspecified atom stereocenters. The third-order valence-electron chi connectivity index (χ3n) is 6.76. The van der Waals surface area contributed by atoms with Crippen molar-refractivity contribution < 1.29 is 14.0 Å². The van der Waals surface area contributed by atoms with Crippen LogP contribution in [-0.4, -0.2) is 64.9 Å². The van der Waals surface area contributed by atoms with Crippen LogP contribution in [0.15, 0.2) is 10.8 Å². The third-order valence-corrected chi connectivity index (χ3v) is 6.76. The van der Waals surface area contributed by atoms with Crippen LogP contribution in [0.1, 0.15) is 73.5 Å². The molecule has 1 aromatic rings. The van der Waals surface area contributed by atoms with E-state index in [0.717, 1.165) is 83.3 Å². The number of carbonyl (C=O) groups is 2. The molecule has 2 aliphatic carbocycles. The fourth-order valence-electron chi connectivity index (χ4n) is 4.73. The zero-order valence-electron chi connectivity index (χ0n) is 16.4. The van der Waals surface area contributed by atoms with Gasteiger partial charge in [0.05, 0.1) is 5.92 Å². The van der Waals surface area contributed by atoms with Gasteiger partial charge in [0.2, 0.25) is 5.91 Å². The number of nitrogens with zero attached hydrogens (tertiary/aromatic N) is 3. The number of carbonyl (C=O) groups excluding carboxylic acids is 2. The van der Waals surface area contributed by atoms with Crippen molar-refractivity contribution in [2.45, 2.75) is 69.4 Å². The van der Waals surface area contributed by atoms with Crippen LogP contribution in [0.25, 0.3) is 0 Å². The zero-order valence-corrected chi connectivity index (χ0v) is 16.4. The fourth-order valence-corrected chi connectivity index (χ4v) is 4.73. The van der Waals surface area contributed by atoms with E-state index in [0.29, 0.717) is 23.7 Å². The van der Waals surface area contributed by atoms with Gasteiger partial charge in [-0.25, -0.2) is 4.98 Å². The van der Waals surface area contributed by atoms with E-state index in [9.17, 15) is 9.59 Å². The van der Waals surface area contributed by atoms with Gasteiger partial charge in [0, 0.05) is 37.6 Å². The Morgan fingerprint density at radius 2 is 1.82 bits per heavy atom. The Hall–Kier alpha value is -1.89. The highest BCUT2D eigenvalue weighted by atomic mass is 16.3. The normalized spacial score (nSPS) is 27.0. The lowest BCUT2D eigenvalue weighted by molar-refractivity contribution is -0.127. The first kappa shape index (κ1) is 18.2. The molecule has 2 amide bonds. The number of hydrogen-bond donors (Lipinski definition) is 1. The molecule has 4 fully saturated rings. The summed E-state index contributed by atoms with van der Waals surface area (Å²) < 4.78 is 5.48. The van der Waals surface area contributed by atoms with E-state index in [1.165, 1.54) is 6.39 Å². The molecule has 0 aromatic carbocycles. The molecule has 1 N–H and O–H groups in total. The quantitative estimate of drug-likeness (QED) is 0.839. The van der Waals surface area contributed by atoms with Gasteiger partial charge >= 0.3 is 0 Å². The fraction of sp³-hybridized carbons (Fsp3) is 0.762. The molecule has 3 heterocycles. The smallest absolute Gasteiger partial charge is 0.276 e. The zero-order chi connectivity index (χ0) is 19.1. The second kappa shape index (κ2) is 7.50. The molecule has 2 saturated carbocycles. The van der Waals surface area contributed by atoms with Gasteiger partial charge in [0.25, 0.3) is 5.91 Å². The first-order valence-corrected chi connectivity index (χ1v) is 11.0. The van der Waals surface area contributed by atoms with Crippen molar-refractivity contribution in [3.8, 4) is 0 Å². The molecule has 7 heteroatoms. The molecule has 152 valence electrons. The largest absolute Gasteiger partial charge is 0.447 e. The van der Waals surface area contributed by atoms with Gasteiger partial charge in [-0.05, 0) is 57.9 Å². The molecule has 0 spiro atoms. The number of amides is 2. The van der Waals surface area contributed by atoms with Crippen LogP contribution in [0.2, 0.25) is 0 Å². The second-order valence-electron chi connectivity index (χ2n) is 8.98. The van der Waals surface area contributed by atoms with Crippen molar-refractivity contribution in [3.05, 3.63) is 17.8 Å². The maximum Gasteiger partial charge on any atom is 0.276 e. The van der Waals surface area contributed by atoms with Gasteiger partial charge in [-0.15, -0.1) is 0 Å². The van der Waals surface area contributed by atoms with Crippen molar-refractivity contribution in [1.29, 1.82) is 0 Å². The molecule has 1 aromatic heterocycles. The van der Waals surface area contributed by atoms with Crippen LogP contribution < -0.4 is 5.32 Å². The Kier molecular flexibility index (Phi) is 4.87. The van der Waals surface area contributed by atoms with Gasteiger partial charge in [-0.2, -0.15) is 0 Å². The summed E-state index contributed by atoms with van der Waals surface area (Å²) in [7, 11) is 0. The summed E-state index contributed by atoms with van der Waals surface area (Å²) in [5.41, 5.74) is 0.524. The van der Waals surface area contributed by atoms with Crippen LogP contribution in [-0.2, 0) is 4.79 Å². The predicted molar refractivity (Wildman–Crippen MR) is 103 cm³/mol. The topological polar surface area (TPSA) is 78.7 Å². The number of likely N-dealkylation sites (tertiary alicyclic amines) is 2. The lowest BCUT2D eigenvalue weighted by atomic mass is 9.93. The van der Waals surface area contributed by atoms with Crippen molar-refractivity contribution >= 4 is 11.8 Å². The van der Waals surface area contributed by atoms with E-state index in [2.05, 4.69) is 15.2 Å². The summed E-state index contributed by atoms with van der Waals surface area (Å²) >= 11 is 0. The lowest BCUT2D eigenvalue weighted by Gasteiger charge is -2.42. The molecule has 1 atom stereocenters. The first-order chi connectivity index (χ1) is 13.7. The summed E-state index contributed by atoms with van der Waals surface area (Å²) in [6.45, 7) is 3.46. The Morgan fingerprint density at radius 1 is 1.04 bits per heavy atom. The van der Waals surface area contributed by atoms with Crippen molar-refractivity contribution in [1.82, 2.24) is 20.1 Å². The Morgan fingerprint density at radius 3 is 2.54 bits per heavy atom. The molecule has 28 heavy (non-hydrogen) atoms. The monoisotopic (exact) mass is 386 g/mol. The Labute approximate surface area is 165 Å². The number of oxazole rings is 1. The van der Waals surface area contributed by atoms with E-state index < -0.39 is 0 Å². The molecule has 0 radical (unpaired) electrons. The minimum Gasteiger partial charge on any atom is -0.447 e. The molecule has 5 rings (SSSR count). The van der Waals surface area contributed by atoms with E-state index in [-0.39, 0.29) is 17.7 Å². The highest BCUT2D eigenvalue weighted by molar-refractivity contribution is 5.93. The molecular formula is C21H30N4O3. The molecule has 2 aliphatic heterocycles. The van der Waals surface area contributed by atoms with E-state index in [1.807, 2.05) is 4.90 Å². The summed E-state index contributed by atoms with van der Waals surface area (Å²) in [6.07, 6.45) is 9.93. The minimum atomic E-state index is 0.0226. The number of hydrogen-bond acceptors (Lipinski definition) is 5. The van der Waals surface area contributed by atoms with Crippen molar-refractivity contribution in [2.24, 2.45) is 5.92 Å². The minimum absolute atomic E-state index is 0.0226. The summed E-state index contributed by atoms with van der Waals surface area (Å²) in [4.78, 5) is 34.0. The van der Waals surface area contributed by atoms with Gasteiger partial charge < -0.3 is 14.6 Å². The Bertz CT molecular complexity index is 732. The van der Waals surface area contributed by atoms with Gasteiger partial charge in [-0.1, -0.05) is 0 Å². The third kappa shape index (κ3) is 3.81. The summed E-state index contributed by atoms with van der Waals surface area (Å²) in [6, 6.07) is 0.912. The first-order valence-electron chi connectivity index (χ1n) is 11.0. The van der Waals surface area contributed by atoms with Crippen molar-refractivity contribution in [3.63, 3.8) is 0 Å². The van der Waals surface area contributed by atoms with Gasteiger partial charge in [-0.3, -0.25) is 14.5 Å². The SMILES string of the molecule is O=C(NC1CC1)C1CCCN(C2CCN(C(=O)c3ncoc3C3CC3)CC2)C1. The average Bonchev–Trinajstić information content (AvgIpc) is 3.68. The van der Waals surface area contributed by atoms with E-state index in [1.54, 1.807) is 0 Å². The van der Waals surface area contributed by atoms with E-state index in [4.69, 9.17) is 4.42 Å².